The van der Waals surface area contributed by atoms with Gasteiger partial charge in [-0.25, -0.2) is 29.9 Å². The Balaban J connectivity index is 0.0000000889. The summed E-state index contributed by atoms with van der Waals surface area (Å²) < 4.78 is 9.16. The highest BCUT2D eigenvalue weighted by molar-refractivity contribution is 6.39. The summed E-state index contributed by atoms with van der Waals surface area (Å²) in [6.45, 7) is 0. The lowest BCUT2D eigenvalue weighted by atomic mass is 9.90. The molecule has 0 aliphatic heterocycles. The fraction of sp³-hybridized carbons (Fsp3) is 0. The van der Waals surface area contributed by atoms with Crippen LogP contribution in [0, 0.1) is 0 Å². The molecule has 35 rings (SSSR count). The number of fused-ring (bicyclic) bond motifs is 20. The Morgan fingerprint density at radius 3 is 0.753 bits per heavy atom. The maximum atomic E-state index is 5.27. The predicted octanol–water partition coefficient (Wildman–Crippen LogP) is 36.3. The third-order valence-corrected chi connectivity index (χ3v) is 31.9. The highest BCUT2D eigenvalue weighted by Gasteiger charge is 2.34. The number of aromatic nitrogens is 10. The van der Waals surface area contributed by atoms with Crippen LogP contribution >= 0.6 is 0 Å². The second kappa shape index (κ2) is 32.7. The summed E-state index contributed by atoms with van der Waals surface area (Å²) in [5.41, 5.74) is 35.7. The summed E-state index contributed by atoms with van der Waals surface area (Å²) in [4.78, 5) is 29.7. The molecule has 0 N–H and O–H groups in total. The monoisotopic (exact) mass is 1900 g/mol. The molecule has 8 heterocycles. The molecule has 0 saturated heterocycles. The lowest BCUT2D eigenvalue weighted by molar-refractivity contribution is 0.989. The summed E-state index contributed by atoms with van der Waals surface area (Å²) in [7, 11) is 0. The van der Waals surface area contributed by atoms with E-state index in [1.807, 2.05) is 48.9 Å². The third kappa shape index (κ3) is 12.2. The van der Waals surface area contributed by atoms with E-state index in [4.69, 9.17) is 19.9 Å². The Labute approximate surface area is 859 Å². The second-order valence-electron chi connectivity index (χ2n) is 39.6. The molecule has 4 aliphatic rings. The highest BCUT2D eigenvalue weighted by atomic mass is 15.2. The van der Waals surface area contributed by atoms with Gasteiger partial charge in [0.2, 0.25) is 11.9 Å². The second-order valence-corrected chi connectivity index (χ2v) is 39.6. The van der Waals surface area contributed by atoms with E-state index in [1.165, 1.54) is 240 Å². The van der Waals surface area contributed by atoms with Crippen LogP contribution in [0.3, 0.4) is 0 Å². The molecular formula is C140H82N10. The minimum Gasteiger partial charge on any atom is -0.294 e. The Kier molecular flexibility index (Phi) is 18.1. The number of hydrogen-bond donors (Lipinski definition) is 0. The lowest BCUT2D eigenvalue weighted by Gasteiger charge is -2.15. The van der Waals surface area contributed by atoms with Crippen molar-refractivity contribution in [1.29, 1.82) is 0 Å². The van der Waals surface area contributed by atoms with Crippen molar-refractivity contribution in [1.82, 2.24) is 48.2 Å². The first-order valence-corrected chi connectivity index (χ1v) is 51.3. The summed E-state index contributed by atoms with van der Waals surface area (Å²) in [6.07, 6.45) is 5.49. The van der Waals surface area contributed by atoms with Gasteiger partial charge in [-0.2, -0.15) is 0 Å². The van der Waals surface area contributed by atoms with Crippen LogP contribution in [-0.4, -0.2) is 48.2 Å². The number of pyridine rings is 2. The number of benzene rings is 23. The third-order valence-electron chi connectivity index (χ3n) is 31.9. The summed E-state index contributed by atoms with van der Waals surface area (Å²) >= 11 is 0. The molecule has 0 spiro atoms. The van der Waals surface area contributed by atoms with Gasteiger partial charge in [0.25, 0.3) is 0 Å². The van der Waals surface area contributed by atoms with Crippen LogP contribution in [0.5, 0.6) is 0 Å². The molecule has 0 atom stereocenters. The van der Waals surface area contributed by atoms with Crippen LogP contribution in [-0.2, 0) is 0 Å². The molecule has 0 amide bonds. The predicted molar refractivity (Wildman–Crippen MR) is 624 cm³/mol. The molecule has 31 aromatic rings. The van der Waals surface area contributed by atoms with Crippen LogP contribution in [0.1, 0.15) is 0 Å². The molecule has 8 aromatic heterocycles. The van der Waals surface area contributed by atoms with Gasteiger partial charge in [0, 0.05) is 99.9 Å². The Hall–Kier alpha value is -20.2. The van der Waals surface area contributed by atoms with Crippen molar-refractivity contribution in [2.45, 2.75) is 0 Å². The molecular weight excluding hydrogens is 1820 g/mol. The molecule has 150 heavy (non-hydrogen) atoms. The Bertz CT molecular complexity index is 10900. The average molecular weight is 1900 g/mol. The molecule has 692 valence electrons. The van der Waals surface area contributed by atoms with Gasteiger partial charge in [-0.3, -0.25) is 18.3 Å². The normalized spacial score (nSPS) is 12.1. The Morgan fingerprint density at radius 1 is 0.133 bits per heavy atom. The van der Waals surface area contributed by atoms with Crippen LogP contribution in [0.2, 0.25) is 0 Å². The maximum absolute atomic E-state index is 5.27. The van der Waals surface area contributed by atoms with E-state index in [0.29, 0.717) is 11.9 Å². The van der Waals surface area contributed by atoms with E-state index >= 15 is 0 Å². The average Bonchev–Trinajstić information content (AvgIpc) is 1.55. The first-order chi connectivity index (χ1) is 74.5. The van der Waals surface area contributed by atoms with Crippen LogP contribution in [0.15, 0.2) is 498 Å². The van der Waals surface area contributed by atoms with Crippen molar-refractivity contribution in [3.05, 3.63) is 498 Å². The molecule has 0 saturated carbocycles. The number of nitrogens with zero attached hydrogens (tertiary/aromatic N) is 10. The molecule has 23 aromatic carbocycles. The van der Waals surface area contributed by atoms with Gasteiger partial charge in [-0.1, -0.05) is 370 Å². The van der Waals surface area contributed by atoms with Gasteiger partial charge >= 0.3 is 0 Å². The maximum Gasteiger partial charge on any atom is 0.235 e. The molecule has 0 fully saturated rings. The topological polar surface area (TPSA) is 97.1 Å². The summed E-state index contributed by atoms with van der Waals surface area (Å²) in [5.74, 6) is 3.25. The van der Waals surface area contributed by atoms with E-state index in [1.54, 1.807) is 0 Å². The van der Waals surface area contributed by atoms with Crippen molar-refractivity contribution in [3.63, 3.8) is 0 Å². The van der Waals surface area contributed by atoms with E-state index in [-0.39, 0.29) is 0 Å². The first kappa shape index (κ1) is 83.3. The number of hydrogen-bond acceptors (Lipinski definition) is 6. The lowest BCUT2D eigenvalue weighted by Crippen LogP contribution is -2.04. The SMILES string of the molecule is c1ccc(-c2cc(-c3ccccc3)nc(-n3c4cccc5c4c4c6c(cc7ccccc7c6ccc43)-c3ccccc3-5)n2)cc1.c1ccc(-c2cccc(-n3c4cccc5c4c4c6c(cc7ccccc7c6ccc43)-c3ccccc3-5)n2)cc1.c1ccc(-n2c3cccc4c3c3c5c(cc6ccccc6c5ccc32)-c2ccccc2-4)nc1.c1cnc(-n2c3cccc4c3c3c5c(cc6ccccc6c5ccc32)-c2ccccc2-4)nc1. The zero-order chi connectivity index (χ0) is 98.0. The molecule has 10 nitrogen and oxygen atoms in total. The van der Waals surface area contributed by atoms with E-state index in [2.05, 4.69) is 477 Å². The van der Waals surface area contributed by atoms with E-state index in [0.717, 1.165) is 67.5 Å². The molecule has 4 aliphatic carbocycles. The molecule has 0 bridgehead atoms. The van der Waals surface area contributed by atoms with Crippen molar-refractivity contribution in [2.24, 2.45) is 0 Å². The fourth-order valence-corrected chi connectivity index (χ4v) is 25.7. The smallest absolute Gasteiger partial charge is 0.235 e. The molecule has 10 heteroatoms. The van der Waals surface area contributed by atoms with Gasteiger partial charge < -0.3 is 0 Å². The van der Waals surface area contributed by atoms with Crippen LogP contribution < -0.4 is 0 Å². The molecule has 0 radical (unpaired) electrons. The standard InChI is InChI=1S/C42H25N3.C37H22N2.C31H18N2.C30H17N3/c1-3-12-26(13-4-1)35-25-36(27-14-5-2-6-15-27)44-42(43-35)45-37-21-11-20-32-30-18-9-10-19-31(30)34-24-28-16-7-8-17-29(28)33-22-23-38(45)41(39(33)34)40(32)37;1-2-10-23(11-3-1)31-17-9-19-34(38-31)39-32-18-8-16-28-26-14-6-7-15-27(26)30-22-24-12-4-5-13-25(24)29-20-21-33(39)37(35(29)30)36(28)32;1-2-9-20-19(8-1)18-25-22-11-4-3-10-21(22)23-12-7-13-26-30(23)31-27(16-15-24(20)29(25)31)33(26)28-14-5-6-17-32-28;1-2-8-19-18(7-1)17-24-21-10-4-3-9-20(21)22-11-5-12-25-28(22)29-26(14-13-23(19)27(24)29)33(25)30-31-15-6-16-32-30/h1-25H;1-22H;1-18H;1-17H. The molecule has 0 unspecified atom stereocenters. The van der Waals surface area contributed by atoms with E-state index < -0.39 is 0 Å². The minimum absolute atomic E-state index is 0.669. The van der Waals surface area contributed by atoms with E-state index in [9.17, 15) is 0 Å². The first-order valence-electron chi connectivity index (χ1n) is 51.3. The van der Waals surface area contributed by atoms with Crippen molar-refractivity contribution < 1.29 is 0 Å². The largest absolute Gasteiger partial charge is 0.294 e. The Morgan fingerprint density at radius 2 is 0.400 bits per heavy atom. The van der Waals surface area contributed by atoms with Gasteiger partial charge in [-0.15, -0.1) is 0 Å². The summed E-state index contributed by atoms with van der Waals surface area (Å²) in [5, 5.41) is 30.9. The fourth-order valence-electron chi connectivity index (χ4n) is 25.7. The van der Waals surface area contributed by atoms with Gasteiger partial charge in [-0.05, 0) is 263 Å². The van der Waals surface area contributed by atoms with Crippen molar-refractivity contribution in [2.75, 3.05) is 0 Å². The van der Waals surface area contributed by atoms with Gasteiger partial charge in [0.15, 0.2) is 0 Å². The summed E-state index contributed by atoms with van der Waals surface area (Å²) in [6, 6.07) is 172. The highest BCUT2D eigenvalue weighted by Crippen LogP contribution is 2.58. The van der Waals surface area contributed by atoms with Crippen molar-refractivity contribution in [3.8, 4) is 146 Å². The zero-order valence-electron chi connectivity index (χ0n) is 80.8. The van der Waals surface area contributed by atoms with Gasteiger partial charge in [0.05, 0.1) is 61.2 Å². The number of rotatable bonds is 7. The quantitative estimate of drug-likeness (QED) is 0.148. The van der Waals surface area contributed by atoms with Crippen LogP contribution in [0.25, 0.3) is 320 Å². The minimum atomic E-state index is 0.669. The zero-order valence-corrected chi connectivity index (χ0v) is 80.8. The van der Waals surface area contributed by atoms with Gasteiger partial charge in [0.1, 0.15) is 11.6 Å². The van der Waals surface area contributed by atoms with Crippen molar-refractivity contribution >= 4 is 173 Å². The van der Waals surface area contributed by atoms with Crippen LogP contribution in [0.4, 0.5) is 0 Å².